The first kappa shape index (κ1) is 15.8. The molecule has 1 aromatic rings. The summed E-state index contributed by atoms with van der Waals surface area (Å²) in [5, 5.41) is 12.6. The van der Waals surface area contributed by atoms with E-state index in [1.165, 1.54) is 11.1 Å². The zero-order valence-corrected chi connectivity index (χ0v) is 13.4. The fraction of sp³-hybridized carbons (Fsp3) is 0.500. The molecule has 1 saturated heterocycles. The second-order valence-corrected chi connectivity index (χ2v) is 6.09. The van der Waals surface area contributed by atoms with Crippen molar-refractivity contribution in [3.8, 4) is 0 Å². The molecule has 20 heavy (non-hydrogen) atoms. The van der Waals surface area contributed by atoms with Crippen molar-refractivity contribution >= 4 is 34.2 Å². The van der Waals surface area contributed by atoms with Gasteiger partial charge in [-0.3, -0.25) is 4.79 Å². The summed E-state index contributed by atoms with van der Waals surface area (Å²) in [6.45, 7) is 1.94. The monoisotopic (exact) mass is 360 g/mol. The first-order valence-corrected chi connectivity index (χ1v) is 7.41. The zero-order chi connectivity index (χ0) is 13.4. The van der Waals surface area contributed by atoms with Crippen molar-refractivity contribution in [1.82, 2.24) is 10.2 Å². The maximum absolute atomic E-state index is 12.4. The van der Waals surface area contributed by atoms with Crippen molar-refractivity contribution in [2.24, 2.45) is 0 Å². The molecule has 0 aromatic heterocycles. The van der Waals surface area contributed by atoms with E-state index in [0.717, 1.165) is 17.4 Å². The van der Waals surface area contributed by atoms with Crippen LogP contribution in [0.5, 0.6) is 0 Å². The van der Waals surface area contributed by atoms with E-state index in [-0.39, 0.29) is 24.4 Å². The first-order chi connectivity index (χ1) is 9.15. The van der Waals surface area contributed by atoms with Crippen LogP contribution >= 0.6 is 28.3 Å². The second-order valence-electron chi connectivity index (χ2n) is 5.24. The number of aliphatic hydroxyl groups is 1. The number of hydrogen-bond acceptors (Lipinski definition) is 3. The van der Waals surface area contributed by atoms with Crippen molar-refractivity contribution in [3.63, 3.8) is 0 Å². The molecular formula is C14H18BrClN2O2. The molecule has 2 unspecified atom stereocenters. The van der Waals surface area contributed by atoms with Crippen LogP contribution in [0.3, 0.4) is 0 Å². The maximum atomic E-state index is 12.4. The Balaban J connectivity index is 0.00000147. The lowest BCUT2D eigenvalue weighted by Crippen LogP contribution is -2.45. The summed E-state index contributed by atoms with van der Waals surface area (Å²) in [4.78, 5) is 14.3. The number of fused-ring (bicyclic) bond motifs is 1. The molecule has 0 spiro atoms. The van der Waals surface area contributed by atoms with Gasteiger partial charge in [-0.1, -0.05) is 28.1 Å². The minimum absolute atomic E-state index is 0. The Labute approximate surface area is 133 Å². The van der Waals surface area contributed by atoms with Gasteiger partial charge in [0.2, 0.25) is 5.91 Å². The van der Waals surface area contributed by atoms with E-state index in [1.54, 1.807) is 0 Å². The third-order valence-corrected chi connectivity index (χ3v) is 4.68. The summed E-state index contributed by atoms with van der Waals surface area (Å²) in [6.07, 6.45) is 1.03. The molecule has 1 fully saturated rings. The summed E-state index contributed by atoms with van der Waals surface area (Å²) in [6, 6.07) is 5.96. The van der Waals surface area contributed by atoms with Crippen LogP contribution in [0.4, 0.5) is 0 Å². The van der Waals surface area contributed by atoms with Crippen LogP contribution in [0, 0.1) is 0 Å². The topological polar surface area (TPSA) is 52.6 Å². The van der Waals surface area contributed by atoms with Crippen LogP contribution in [0.15, 0.2) is 22.7 Å². The van der Waals surface area contributed by atoms with Crippen LogP contribution in [-0.2, 0) is 17.8 Å². The van der Waals surface area contributed by atoms with Crippen LogP contribution in [0.25, 0.3) is 0 Å². The largest absolute Gasteiger partial charge is 0.392 e. The minimum Gasteiger partial charge on any atom is -0.392 e. The lowest BCUT2D eigenvalue weighted by atomic mass is 9.99. The number of aliphatic hydroxyl groups excluding tert-OH is 1. The molecule has 0 radical (unpaired) electrons. The van der Waals surface area contributed by atoms with Gasteiger partial charge < -0.3 is 15.3 Å². The quantitative estimate of drug-likeness (QED) is 0.797. The molecule has 2 atom stereocenters. The summed E-state index contributed by atoms with van der Waals surface area (Å²) in [5.41, 5.74) is 2.53. The lowest BCUT2D eigenvalue weighted by molar-refractivity contribution is -0.134. The highest BCUT2D eigenvalue weighted by Gasteiger charge is 2.32. The van der Waals surface area contributed by atoms with E-state index in [1.807, 2.05) is 17.0 Å². The van der Waals surface area contributed by atoms with Crippen molar-refractivity contribution in [1.29, 1.82) is 0 Å². The third kappa shape index (κ3) is 3.01. The van der Waals surface area contributed by atoms with Gasteiger partial charge in [-0.25, -0.2) is 0 Å². The van der Waals surface area contributed by atoms with Gasteiger partial charge in [0.05, 0.1) is 12.1 Å². The number of carbonyl (C=O) groups excluding carboxylic acids is 1. The molecule has 0 bridgehead atoms. The average molecular weight is 362 g/mol. The summed E-state index contributed by atoms with van der Waals surface area (Å²) in [7, 11) is 0. The molecule has 1 aromatic carbocycles. The maximum Gasteiger partial charge on any atom is 0.240 e. The van der Waals surface area contributed by atoms with Gasteiger partial charge in [0.15, 0.2) is 0 Å². The molecule has 2 N–H and O–H groups in total. The van der Waals surface area contributed by atoms with Crippen molar-refractivity contribution < 1.29 is 9.90 Å². The Morgan fingerprint density at radius 2 is 2.25 bits per heavy atom. The normalized spacial score (nSPS) is 25.0. The number of benzene rings is 1. The number of halogens is 2. The summed E-state index contributed by atoms with van der Waals surface area (Å²) < 4.78 is 1.07. The van der Waals surface area contributed by atoms with Gasteiger partial charge >= 0.3 is 0 Å². The van der Waals surface area contributed by atoms with Gasteiger partial charge in [0.25, 0.3) is 0 Å². The fourth-order valence-electron chi connectivity index (χ4n) is 2.85. The molecule has 2 aliphatic rings. The molecular weight excluding hydrogens is 344 g/mol. The number of rotatable bonds is 1. The number of nitrogens with zero attached hydrogens (tertiary/aromatic N) is 1. The predicted octanol–water partition coefficient (Wildman–Crippen LogP) is 1.48. The van der Waals surface area contributed by atoms with Crippen molar-refractivity contribution in [3.05, 3.63) is 33.8 Å². The molecule has 0 aliphatic carbocycles. The standard InChI is InChI=1S/C14H17BrN2O2.ClH/c15-12-3-1-2-9-4-5-17(8-11(9)12)14(19)13-6-10(18)7-16-13;/h1-3,10,13,16,18H,4-8H2;1H. The average Bonchev–Trinajstić information content (AvgIpc) is 2.85. The van der Waals surface area contributed by atoms with Gasteiger partial charge in [0, 0.05) is 24.1 Å². The molecule has 1 amide bonds. The van der Waals surface area contributed by atoms with Gasteiger partial charge in [-0.15, -0.1) is 12.4 Å². The highest BCUT2D eigenvalue weighted by atomic mass is 79.9. The highest BCUT2D eigenvalue weighted by Crippen LogP contribution is 2.27. The third-order valence-electron chi connectivity index (χ3n) is 3.93. The number of hydrogen-bond donors (Lipinski definition) is 2. The Kier molecular flexibility index (Phi) is 5.07. The Hall–Kier alpha value is -0.620. The van der Waals surface area contributed by atoms with E-state index in [2.05, 4.69) is 27.3 Å². The van der Waals surface area contributed by atoms with Crippen molar-refractivity contribution in [2.45, 2.75) is 31.5 Å². The van der Waals surface area contributed by atoms with Gasteiger partial charge in [-0.05, 0) is 30.0 Å². The van der Waals surface area contributed by atoms with Crippen molar-refractivity contribution in [2.75, 3.05) is 13.1 Å². The Morgan fingerprint density at radius 1 is 1.45 bits per heavy atom. The van der Waals surface area contributed by atoms with Crippen LogP contribution < -0.4 is 5.32 Å². The van der Waals surface area contributed by atoms with E-state index in [9.17, 15) is 9.90 Å². The van der Waals surface area contributed by atoms with E-state index >= 15 is 0 Å². The predicted molar refractivity (Wildman–Crippen MR) is 82.9 cm³/mol. The number of β-amino-alcohol motifs (C(OH)–C–C–N with tert-alkyl or cyclic N) is 1. The first-order valence-electron chi connectivity index (χ1n) is 6.61. The van der Waals surface area contributed by atoms with Gasteiger partial charge in [-0.2, -0.15) is 0 Å². The van der Waals surface area contributed by atoms with E-state index < -0.39 is 6.10 Å². The smallest absolute Gasteiger partial charge is 0.240 e. The van der Waals surface area contributed by atoms with Gasteiger partial charge in [0.1, 0.15) is 0 Å². The van der Waals surface area contributed by atoms with E-state index in [4.69, 9.17) is 0 Å². The number of nitrogens with one attached hydrogen (secondary N) is 1. The Bertz CT molecular complexity index is 512. The number of amides is 1. The second kappa shape index (κ2) is 6.43. The van der Waals surface area contributed by atoms with Crippen LogP contribution in [0.2, 0.25) is 0 Å². The Morgan fingerprint density at radius 3 is 2.95 bits per heavy atom. The molecule has 2 heterocycles. The SMILES string of the molecule is Cl.O=C(C1CC(O)CN1)N1CCc2cccc(Br)c2C1. The molecule has 110 valence electrons. The summed E-state index contributed by atoms with van der Waals surface area (Å²) in [5.74, 6) is 0.109. The summed E-state index contributed by atoms with van der Waals surface area (Å²) >= 11 is 3.56. The van der Waals surface area contributed by atoms with Crippen LogP contribution in [0.1, 0.15) is 17.5 Å². The highest BCUT2D eigenvalue weighted by molar-refractivity contribution is 9.10. The minimum atomic E-state index is -0.391. The zero-order valence-electron chi connectivity index (χ0n) is 11.0. The van der Waals surface area contributed by atoms with E-state index in [0.29, 0.717) is 19.5 Å². The molecule has 2 aliphatic heterocycles. The molecule has 3 rings (SSSR count). The van der Waals surface area contributed by atoms with Crippen LogP contribution in [-0.4, -0.2) is 41.1 Å². The fourth-order valence-corrected chi connectivity index (χ4v) is 3.39. The molecule has 4 nitrogen and oxygen atoms in total. The molecule has 6 heteroatoms. The lowest BCUT2D eigenvalue weighted by Gasteiger charge is -2.31. The molecule has 0 saturated carbocycles. The number of carbonyl (C=O) groups is 1.